The van der Waals surface area contributed by atoms with Crippen LogP contribution in [0.2, 0.25) is 0 Å². The van der Waals surface area contributed by atoms with Crippen molar-refractivity contribution in [1.29, 1.82) is 0 Å². The Morgan fingerprint density at radius 1 is 1.67 bits per heavy atom. The third-order valence-electron chi connectivity index (χ3n) is 1.74. The maximum Gasteiger partial charge on any atom is 0.252 e. The minimum absolute atomic E-state index is 0.0537. The summed E-state index contributed by atoms with van der Waals surface area (Å²) in [6, 6.07) is 2.45. The Labute approximate surface area is 95.3 Å². The van der Waals surface area contributed by atoms with Crippen molar-refractivity contribution in [1.82, 2.24) is 5.32 Å². The molecule has 0 heterocycles. The van der Waals surface area contributed by atoms with Gasteiger partial charge in [-0.05, 0) is 28.1 Å². The molecule has 15 heavy (non-hydrogen) atoms. The number of halogens is 2. The topological polar surface area (TPSA) is 55.1 Å². The third kappa shape index (κ3) is 2.79. The first-order chi connectivity index (χ1) is 7.06. The maximum atomic E-state index is 13.0. The Hall–Kier alpha value is -1.36. The van der Waals surface area contributed by atoms with E-state index in [0.29, 0.717) is 16.6 Å². The summed E-state index contributed by atoms with van der Waals surface area (Å²) in [4.78, 5) is 11.5. The molecule has 0 saturated carbocycles. The van der Waals surface area contributed by atoms with Crippen LogP contribution in [0.3, 0.4) is 0 Å². The zero-order valence-electron chi connectivity index (χ0n) is 7.89. The van der Waals surface area contributed by atoms with Crippen molar-refractivity contribution in [2.24, 2.45) is 0 Å². The monoisotopic (exact) mass is 272 g/mol. The van der Waals surface area contributed by atoms with E-state index < -0.39 is 5.82 Å². The van der Waals surface area contributed by atoms with Crippen LogP contribution in [0.25, 0.3) is 0 Å². The molecule has 0 saturated heterocycles. The van der Waals surface area contributed by atoms with E-state index in [2.05, 4.69) is 27.8 Å². The fourth-order valence-electron chi connectivity index (χ4n) is 1.000. The number of amides is 1. The number of anilines is 1. The summed E-state index contributed by atoms with van der Waals surface area (Å²) >= 11 is 3.09. The molecule has 0 aliphatic heterocycles. The lowest BCUT2D eigenvalue weighted by Crippen LogP contribution is -2.23. The quantitative estimate of drug-likeness (QED) is 0.654. The minimum atomic E-state index is -0.554. The molecule has 3 nitrogen and oxygen atoms in total. The molecule has 0 aliphatic carbocycles. The molecule has 1 aromatic rings. The van der Waals surface area contributed by atoms with Crippen molar-refractivity contribution >= 4 is 27.5 Å². The van der Waals surface area contributed by atoms with Gasteiger partial charge in [0.1, 0.15) is 5.82 Å². The van der Waals surface area contributed by atoms with E-state index in [0.717, 1.165) is 6.07 Å². The Bertz CT molecular complexity index is 407. The van der Waals surface area contributed by atoms with Gasteiger partial charge in [-0.2, -0.15) is 0 Å². The lowest BCUT2D eigenvalue weighted by Gasteiger charge is -2.06. The van der Waals surface area contributed by atoms with E-state index in [4.69, 9.17) is 5.73 Å². The lowest BCUT2D eigenvalue weighted by atomic mass is 10.2. The van der Waals surface area contributed by atoms with Crippen LogP contribution in [0.5, 0.6) is 0 Å². The maximum absolute atomic E-state index is 13.0. The zero-order chi connectivity index (χ0) is 11.4. The molecule has 0 aliphatic rings. The number of carbonyl (C=O) groups is 1. The summed E-state index contributed by atoms with van der Waals surface area (Å²) in [5.74, 6) is -0.879. The van der Waals surface area contributed by atoms with Crippen molar-refractivity contribution < 1.29 is 9.18 Å². The van der Waals surface area contributed by atoms with E-state index in [1.54, 1.807) is 6.08 Å². The second-order valence-corrected chi connectivity index (χ2v) is 3.71. The number of benzene rings is 1. The number of nitrogens with two attached hydrogens (primary N) is 1. The summed E-state index contributed by atoms with van der Waals surface area (Å²) in [6.07, 6.45) is 1.55. The molecule has 80 valence electrons. The predicted molar refractivity (Wildman–Crippen MR) is 61.0 cm³/mol. The van der Waals surface area contributed by atoms with Gasteiger partial charge in [0.25, 0.3) is 5.91 Å². The second kappa shape index (κ2) is 4.93. The Morgan fingerprint density at radius 3 is 2.93 bits per heavy atom. The first kappa shape index (κ1) is 11.7. The number of hydrogen-bond acceptors (Lipinski definition) is 2. The standard InChI is InChI=1S/C10H10BrFN2O/c1-2-3-14-10(15)6-4-9(13)8(12)5-7(6)11/h2,4-5H,1,3,13H2,(H,14,15). The number of carbonyl (C=O) groups excluding carboxylic acids is 1. The van der Waals surface area contributed by atoms with Gasteiger partial charge in [0, 0.05) is 11.0 Å². The van der Waals surface area contributed by atoms with Crippen LogP contribution in [0.15, 0.2) is 29.3 Å². The summed E-state index contributed by atoms with van der Waals surface area (Å²) in [6.45, 7) is 3.82. The molecule has 0 atom stereocenters. The molecule has 0 fully saturated rings. The SMILES string of the molecule is C=CCNC(=O)c1cc(N)c(F)cc1Br. The lowest BCUT2D eigenvalue weighted by molar-refractivity contribution is 0.0957. The van der Waals surface area contributed by atoms with Gasteiger partial charge in [-0.3, -0.25) is 4.79 Å². The third-order valence-corrected chi connectivity index (χ3v) is 2.39. The van der Waals surface area contributed by atoms with Gasteiger partial charge in [-0.25, -0.2) is 4.39 Å². The Morgan fingerprint density at radius 2 is 2.33 bits per heavy atom. The minimum Gasteiger partial charge on any atom is -0.396 e. The summed E-state index contributed by atoms with van der Waals surface area (Å²) in [7, 11) is 0. The number of nitrogen functional groups attached to an aromatic ring is 1. The Balaban J connectivity index is 2.98. The van der Waals surface area contributed by atoms with Crippen molar-refractivity contribution in [3.05, 3.63) is 40.6 Å². The smallest absolute Gasteiger partial charge is 0.252 e. The fourth-order valence-corrected chi connectivity index (χ4v) is 1.50. The molecule has 1 amide bonds. The molecule has 5 heteroatoms. The van der Waals surface area contributed by atoms with Crippen molar-refractivity contribution in [3.8, 4) is 0 Å². The van der Waals surface area contributed by atoms with Gasteiger partial charge in [0.2, 0.25) is 0 Å². The zero-order valence-corrected chi connectivity index (χ0v) is 9.47. The average Bonchev–Trinajstić information content (AvgIpc) is 2.20. The first-order valence-corrected chi connectivity index (χ1v) is 4.99. The molecule has 0 radical (unpaired) electrons. The van der Waals surface area contributed by atoms with Gasteiger partial charge in [-0.1, -0.05) is 6.08 Å². The van der Waals surface area contributed by atoms with Crippen molar-refractivity contribution in [2.45, 2.75) is 0 Å². The molecule has 1 rings (SSSR count). The van der Waals surface area contributed by atoms with E-state index in [1.807, 2.05) is 0 Å². The highest BCUT2D eigenvalue weighted by Crippen LogP contribution is 2.22. The van der Waals surface area contributed by atoms with Crippen LogP contribution in [-0.2, 0) is 0 Å². The normalized spacial score (nSPS) is 9.73. The molecule has 0 bridgehead atoms. The molecule has 0 unspecified atom stereocenters. The second-order valence-electron chi connectivity index (χ2n) is 2.85. The van der Waals surface area contributed by atoms with Crippen molar-refractivity contribution in [2.75, 3.05) is 12.3 Å². The molecule has 0 aromatic heterocycles. The highest BCUT2D eigenvalue weighted by atomic mass is 79.9. The summed E-state index contributed by atoms with van der Waals surface area (Å²) in [5.41, 5.74) is 5.61. The molecule has 1 aromatic carbocycles. The Kier molecular flexibility index (Phi) is 3.85. The summed E-state index contributed by atoms with van der Waals surface area (Å²) in [5, 5.41) is 2.57. The molecular formula is C10H10BrFN2O. The van der Waals surface area contributed by atoms with E-state index in [-0.39, 0.29) is 11.6 Å². The largest absolute Gasteiger partial charge is 0.396 e. The fraction of sp³-hybridized carbons (Fsp3) is 0.100. The number of nitrogens with one attached hydrogen (secondary N) is 1. The van der Waals surface area contributed by atoms with Crippen LogP contribution in [0, 0.1) is 5.82 Å². The van der Waals surface area contributed by atoms with E-state index in [1.165, 1.54) is 6.07 Å². The molecular weight excluding hydrogens is 263 g/mol. The van der Waals surface area contributed by atoms with Gasteiger partial charge in [0.15, 0.2) is 0 Å². The van der Waals surface area contributed by atoms with Crippen molar-refractivity contribution in [3.63, 3.8) is 0 Å². The average molecular weight is 273 g/mol. The van der Waals surface area contributed by atoms with Crippen LogP contribution < -0.4 is 11.1 Å². The van der Waals surface area contributed by atoms with Gasteiger partial charge in [0.05, 0.1) is 11.3 Å². The van der Waals surface area contributed by atoms with Gasteiger partial charge in [-0.15, -0.1) is 6.58 Å². The predicted octanol–water partition coefficient (Wildman–Crippen LogP) is 2.09. The molecule has 0 spiro atoms. The summed E-state index contributed by atoms with van der Waals surface area (Å²) < 4.78 is 13.3. The number of hydrogen-bond donors (Lipinski definition) is 2. The van der Waals surface area contributed by atoms with Gasteiger partial charge < -0.3 is 11.1 Å². The first-order valence-electron chi connectivity index (χ1n) is 4.20. The van der Waals surface area contributed by atoms with Gasteiger partial charge >= 0.3 is 0 Å². The molecule has 3 N–H and O–H groups in total. The highest BCUT2D eigenvalue weighted by Gasteiger charge is 2.12. The highest BCUT2D eigenvalue weighted by molar-refractivity contribution is 9.10. The van der Waals surface area contributed by atoms with Crippen LogP contribution in [0.1, 0.15) is 10.4 Å². The van der Waals surface area contributed by atoms with Crippen LogP contribution >= 0.6 is 15.9 Å². The van der Waals surface area contributed by atoms with Crippen LogP contribution in [0.4, 0.5) is 10.1 Å². The van der Waals surface area contributed by atoms with E-state index >= 15 is 0 Å². The van der Waals surface area contributed by atoms with Crippen LogP contribution in [-0.4, -0.2) is 12.5 Å². The van der Waals surface area contributed by atoms with E-state index in [9.17, 15) is 9.18 Å². The number of rotatable bonds is 3.